The minimum Gasteiger partial charge on any atom is -0.287 e. The number of nitrogens with zero attached hydrogens (tertiary/aromatic N) is 1. The topological polar surface area (TPSA) is 35.8 Å². The maximum atomic E-state index is 9.31. The molecule has 1 unspecified atom stereocenters. The zero-order valence-electron chi connectivity index (χ0n) is 8.76. The first-order valence-electron chi connectivity index (χ1n) is 4.75. The Morgan fingerprint density at radius 2 is 2.29 bits per heavy atom. The molecule has 76 valence electrons. The van der Waals surface area contributed by atoms with Crippen molar-refractivity contribution < 1.29 is 0 Å². The van der Waals surface area contributed by atoms with Gasteiger partial charge in [-0.25, -0.2) is 0 Å². The Morgan fingerprint density at radius 1 is 1.57 bits per heavy atom. The van der Waals surface area contributed by atoms with Crippen LogP contribution in [0.5, 0.6) is 0 Å². The largest absolute Gasteiger partial charge is 0.287 e. The molecule has 1 saturated heterocycles. The van der Waals surface area contributed by atoms with Crippen molar-refractivity contribution in [1.82, 2.24) is 5.32 Å². The van der Waals surface area contributed by atoms with Crippen LogP contribution in [-0.2, 0) is 0 Å². The lowest BCUT2D eigenvalue weighted by Gasteiger charge is -2.45. The van der Waals surface area contributed by atoms with Crippen molar-refractivity contribution in [1.29, 1.82) is 5.26 Å². The minimum absolute atomic E-state index is 0.00382. The maximum absolute atomic E-state index is 9.31. The van der Waals surface area contributed by atoms with Gasteiger partial charge in [0.05, 0.1) is 12.6 Å². The molecule has 14 heavy (non-hydrogen) atoms. The summed E-state index contributed by atoms with van der Waals surface area (Å²) in [6.07, 6.45) is 6.28. The van der Waals surface area contributed by atoms with Crippen LogP contribution in [0.3, 0.4) is 0 Å². The Bertz CT molecular complexity index is 285. The normalized spacial score (nSPS) is 30.3. The Labute approximate surface area is 90.4 Å². The first-order valence-corrected chi connectivity index (χ1v) is 5.91. The van der Waals surface area contributed by atoms with E-state index in [1.807, 2.05) is 11.8 Å². The lowest BCUT2D eigenvalue weighted by atomic mass is 9.71. The van der Waals surface area contributed by atoms with Gasteiger partial charge in [-0.3, -0.25) is 5.32 Å². The van der Waals surface area contributed by atoms with Crippen molar-refractivity contribution in [3.05, 3.63) is 0 Å². The second kappa shape index (κ2) is 4.26. The van der Waals surface area contributed by atoms with E-state index in [-0.39, 0.29) is 5.41 Å². The molecule has 1 N–H and O–H groups in total. The van der Waals surface area contributed by atoms with E-state index in [0.29, 0.717) is 6.54 Å². The van der Waals surface area contributed by atoms with Gasteiger partial charge in [-0.2, -0.15) is 17.0 Å². The Hall–Kier alpha value is -0.640. The van der Waals surface area contributed by atoms with E-state index >= 15 is 0 Å². The second-order valence-electron chi connectivity index (χ2n) is 4.26. The number of hydrogen-bond donors (Lipinski definition) is 1. The smallest absolute Gasteiger partial charge is 0.121 e. The first kappa shape index (κ1) is 11.4. The van der Waals surface area contributed by atoms with E-state index < -0.39 is 5.54 Å². The zero-order valence-corrected chi connectivity index (χ0v) is 9.58. The molecule has 1 fully saturated rings. The number of nitrogens with one attached hydrogen (secondary N) is 1. The average Bonchev–Trinajstić information content (AvgIpc) is 2.16. The Balaban J connectivity index is 2.85. The highest BCUT2D eigenvalue weighted by atomic mass is 32.2. The van der Waals surface area contributed by atoms with Crippen molar-refractivity contribution in [3.8, 4) is 18.4 Å². The van der Waals surface area contributed by atoms with Crippen LogP contribution in [0, 0.1) is 29.1 Å². The summed E-state index contributed by atoms with van der Waals surface area (Å²) in [6.45, 7) is 4.75. The fourth-order valence-corrected chi connectivity index (χ4v) is 3.34. The molecule has 1 rings (SSSR count). The molecule has 0 aliphatic carbocycles. The lowest BCUT2D eigenvalue weighted by molar-refractivity contribution is 0.189. The minimum atomic E-state index is -0.456. The Kier molecular flexibility index (Phi) is 3.48. The fourth-order valence-electron chi connectivity index (χ4n) is 1.68. The van der Waals surface area contributed by atoms with Crippen LogP contribution in [0.2, 0.25) is 0 Å². The van der Waals surface area contributed by atoms with Crippen molar-refractivity contribution in [3.63, 3.8) is 0 Å². The van der Waals surface area contributed by atoms with Gasteiger partial charge in [-0.05, 0) is 17.6 Å². The molecule has 3 heteroatoms. The number of nitriles is 1. The van der Waals surface area contributed by atoms with E-state index in [4.69, 9.17) is 6.42 Å². The first-order chi connectivity index (χ1) is 6.58. The maximum Gasteiger partial charge on any atom is 0.121 e. The van der Waals surface area contributed by atoms with E-state index in [9.17, 15) is 5.26 Å². The number of thioether (sulfide) groups is 1. The summed E-state index contributed by atoms with van der Waals surface area (Å²) in [5.41, 5.74) is -0.452. The highest BCUT2D eigenvalue weighted by Gasteiger charge is 2.47. The van der Waals surface area contributed by atoms with Gasteiger partial charge in [0.2, 0.25) is 0 Å². The van der Waals surface area contributed by atoms with Crippen LogP contribution in [0.4, 0.5) is 0 Å². The molecular formula is C11H16N2S. The van der Waals surface area contributed by atoms with Gasteiger partial charge in [0, 0.05) is 5.75 Å². The molecule has 0 radical (unpaired) electrons. The van der Waals surface area contributed by atoms with Gasteiger partial charge in [0.25, 0.3) is 0 Å². The van der Waals surface area contributed by atoms with Crippen molar-refractivity contribution >= 4 is 11.8 Å². The number of rotatable bonds is 2. The summed E-state index contributed by atoms with van der Waals surface area (Å²) in [7, 11) is 0. The molecule has 1 heterocycles. The van der Waals surface area contributed by atoms with Crippen LogP contribution in [-0.4, -0.2) is 23.6 Å². The molecule has 0 bridgehead atoms. The highest BCUT2D eigenvalue weighted by Crippen LogP contribution is 2.41. The van der Waals surface area contributed by atoms with Gasteiger partial charge in [-0.15, -0.1) is 6.42 Å². The standard InChI is InChI=1S/C11H16N2S/c1-4-6-13-11(8-12)9-14-7-5-10(11,2)3/h1,13H,5-7,9H2,2-3H3. The number of hydrogen-bond acceptors (Lipinski definition) is 3. The van der Waals surface area contributed by atoms with E-state index in [1.54, 1.807) is 0 Å². The highest BCUT2D eigenvalue weighted by molar-refractivity contribution is 7.99. The summed E-state index contributed by atoms with van der Waals surface area (Å²) in [4.78, 5) is 0. The third-order valence-corrected chi connectivity index (χ3v) is 4.16. The fraction of sp³-hybridized carbons (Fsp3) is 0.727. The molecule has 2 nitrogen and oxygen atoms in total. The van der Waals surface area contributed by atoms with Gasteiger partial charge in [0.15, 0.2) is 0 Å². The zero-order chi connectivity index (χ0) is 10.7. The Morgan fingerprint density at radius 3 is 2.79 bits per heavy atom. The predicted octanol–water partition coefficient (Wildman–Crippen LogP) is 1.63. The molecule has 1 aliphatic rings. The SMILES string of the molecule is C#CCNC1(C#N)CSCCC1(C)C. The third kappa shape index (κ3) is 1.90. The summed E-state index contributed by atoms with van der Waals surface area (Å²) in [5.74, 6) is 4.51. The van der Waals surface area contributed by atoms with Crippen molar-refractivity contribution in [2.24, 2.45) is 5.41 Å². The summed E-state index contributed by atoms with van der Waals surface area (Å²) in [6, 6.07) is 2.42. The third-order valence-electron chi connectivity index (χ3n) is 3.03. The molecule has 0 aromatic rings. The van der Waals surface area contributed by atoms with Crippen LogP contribution in [0.25, 0.3) is 0 Å². The van der Waals surface area contributed by atoms with Gasteiger partial charge in [-0.1, -0.05) is 19.8 Å². The van der Waals surface area contributed by atoms with Gasteiger partial charge in [0.1, 0.15) is 5.54 Å². The van der Waals surface area contributed by atoms with Crippen LogP contribution >= 0.6 is 11.8 Å². The summed E-state index contributed by atoms with van der Waals surface area (Å²) < 4.78 is 0. The van der Waals surface area contributed by atoms with E-state index in [2.05, 4.69) is 31.2 Å². The van der Waals surface area contributed by atoms with Crippen molar-refractivity contribution in [2.45, 2.75) is 25.8 Å². The molecule has 0 aromatic heterocycles. The summed E-state index contributed by atoms with van der Waals surface area (Å²) >= 11 is 1.83. The average molecular weight is 208 g/mol. The summed E-state index contributed by atoms with van der Waals surface area (Å²) in [5, 5.41) is 12.5. The predicted molar refractivity (Wildman–Crippen MR) is 60.9 cm³/mol. The molecule has 0 amide bonds. The molecule has 1 atom stereocenters. The van der Waals surface area contributed by atoms with Crippen LogP contribution in [0.15, 0.2) is 0 Å². The monoisotopic (exact) mass is 208 g/mol. The molecule has 0 saturated carbocycles. The van der Waals surface area contributed by atoms with E-state index in [1.165, 1.54) is 0 Å². The van der Waals surface area contributed by atoms with Crippen LogP contribution < -0.4 is 5.32 Å². The van der Waals surface area contributed by atoms with Gasteiger partial charge < -0.3 is 0 Å². The molecule has 1 aliphatic heterocycles. The quantitative estimate of drug-likeness (QED) is 0.701. The lowest BCUT2D eigenvalue weighted by Crippen LogP contribution is -2.59. The van der Waals surface area contributed by atoms with Gasteiger partial charge >= 0.3 is 0 Å². The second-order valence-corrected chi connectivity index (χ2v) is 5.37. The molecule has 0 aromatic carbocycles. The van der Waals surface area contributed by atoms with Crippen molar-refractivity contribution in [2.75, 3.05) is 18.1 Å². The van der Waals surface area contributed by atoms with Crippen LogP contribution in [0.1, 0.15) is 20.3 Å². The van der Waals surface area contributed by atoms with E-state index in [0.717, 1.165) is 17.9 Å². The molecule has 0 spiro atoms. The molecular weight excluding hydrogens is 192 g/mol. The number of terminal acetylenes is 1.